The van der Waals surface area contributed by atoms with Gasteiger partial charge in [0.05, 0.1) is 6.61 Å². The fourth-order valence-corrected chi connectivity index (χ4v) is 2.23. The summed E-state index contributed by atoms with van der Waals surface area (Å²) in [7, 11) is 1.71. The number of nitrogens with zero attached hydrogens (tertiary/aromatic N) is 1. The minimum Gasteiger partial charge on any atom is -0.385 e. The van der Waals surface area contributed by atoms with Crippen molar-refractivity contribution in [2.75, 3.05) is 26.9 Å². The molecule has 1 heterocycles. The Labute approximate surface area is 114 Å². The molecule has 1 aromatic heterocycles. The molecule has 0 radical (unpaired) electrons. The predicted molar refractivity (Wildman–Crippen MR) is 77.1 cm³/mol. The van der Waals surface area contributed by atoms with Gasteiger partial charge in [0.2, 0.25) is 0 Å². The Bertz CT molecular complexity index is 508. The molecular weight excluding hydrogens is 240 g/mol. The van der Waals surface area contributed by atoms with E-state index in [9.17, 15) is 0 Å². The second kappa shape index (κ2) is 7.28. The first kappa shape index (κ1) is 14.1. The third kappa shape index (κ3) is 3.56. The van der Waals surface area contributed by atoms with Gasteiger partial charge >= 0.3 is 0 Å². The van der Waals surface area contributed by atoms with Crippen LogP contribution in [0.15, 0.2) is 30.5 Å². The topological polar surface area (TPSA) is 49.4 Å². The number of nitrogens with two attached hydrogens (primary N) is 1. The van der Waals surface area contributed by atoms with Gasteiger partial charge in [0.15, 0.2) is 0 Å². The van der Waals surface area contributed by atoms with E-state index in [1.165, 1.54) is 16.5 Å². The first-order valence-electron chi connectivity index (χ1n) is 6.70. The van der Waals surface area contributed by atoms with Crippen LogP contribution in [0.2, 0.25) is 0 Å². The number of hydrogen-bond acceptors (Lipinski definition) is 3. The van der Waals surface area contributed by atoms with Gasteiger partial charge in [0.1, 0.15) is 0 Å². The summed E-state index contributed by atoms with van der Waals surface area (Å²) in [6, 6.07) is 8.39. The molecule has 2 N–H and O–H groups in total. The minimum atomic E-state index is 0.578. The molecule has 1 aromatic carbocycles. The summed E-state index contributed by atoms with van der Waals surface area (Å²) < 4.78 is 12.8. The highest BCUT2D eigenvalue weighted by Gasteiger charge is 2.04. The average molecular weight is 262 g/mol. The molecule has 0 fully saturated rings. The Morgan fingerprint density at radius 2 is 2.05 bits per heavy atom. The zero-order valence-electron chi connectivity index (χ0n) is 11.5. The molecule has 0 unspecified atom stereocenters. The molecule has 4 heteroatoms. The Hall–Kier alpha value is -1.36. The van der Waals surface area contributed by atoms with Crippen LogP contribution in [0.3, 0.4) is 0 Å². The zero-order chi connectivity index (χ0) is 13.5. The molecule has 104 valence electrons. The summed E-state index contributed by atoms with van der Waals surface area (Å²) in [5, 5.41) is 1.24. The van der Waals surface area contributed by atoms with Crippen LogP contribution < -0.4 is 5.73 Å². The van der Waals surface area contributed by atoms with Gasteiger partial charge in [-0.15, -0.1) is 0 Å². The van der Waals surface area contributed by atoms with Crippen LogP contribution in [0.5, 0.6) is 0 Å². The molecule has 0 spiro atoms. The summed E-state index contributed by atoms with van der Waals surface area (Å²) in [6.07, 6.45) is 3.04. The molecule has 0 atom stereocenters. The lowest BCUT2D eigenvalue weighted by Gasteiger charge is -2.07. The Kier molecular flexibility index (Phi) is 5.39. The molecule has 0 bridgehead atoms. The summed E-state index contributed by atoms with van der Waals surface area (Å²) in [5.41, 5.74) is 8.16. The van der Waals surface area contributed by atoms with E-state index in [4.69, 9.17) is 15.2 Å². The molecule has 4 nitrogen and oxygen atoms in total. The smallest absolute Gasteiger partial charge is 0.0645 e. The van der Waals surface area contributed by atoms with Gasteiger partial charge in [-0.2, -0.15) is 0 Å². The summed E-state index contributed by atoms with van der Waals surface area (Å²) >= 11 is 0. The van der Waals surface area contributed by atoms with Crippen LogP contribution in [-0.2, 0) is 22.6 Å². The minimum absolute atomic E-state index is 0.578. The van der Waals surface area contributed by atoms with E-state index < -0.39 is 0 Å². The maximum absolute atomic E-state index is 5.75. The van der Waals surface area contributed by atoms with E-state index in [2.05, 4.69) is 35.0 Å². The normalized spacial score (nSPS) is 11.3. The van der Waals surface area contributed by atoms with E-state index in [0.717, 1.165) is 32.8 Å². The fourth-order valence-electron chi connectivity index (χ4n) is 2.23. The quantitative estimate of drug-likeness (QED) is 0.742. The van der Waals surface area contributed by atoms with Crippen molar-refractivity contribution in [3.05, 3.63) is 36.0 Å². The van der Waals surface area contributed by atoms with E-state index in [0.29, 0.717) is 6.54 Å². The van der Waals surface area contributed by atoms with Gasteiger partial charge in [-0.1, -0.05) is 12.1 Å². The standard InChI is InChI=1S/C15H22N2O2/c1-18-9-3-10-19-11-8-17-7-6-14-13(12-16)4-2-5-15(14)17/h2,4-7H,3,8-12,16H2,1H3. The molecule has 0 saturated carbocycles. The lowest BCUT2D eigenvalue weighted by atomic mass is 10.1. The van der Waals surface area contributed by atoms with Gasteiger partial charge in [-0.3, -0.25) is 0 Å². The van der Waals surface area contributed by atoms with Crippen molar-refractivity contribution in [1.82, 2.24) is 4.57 Å². The summed E-state index contributed by atoms with van der Waals surface area (Å²) in [5.74, 6) is 0. The number of benzene rings is 1. The molecule has 0 amide bonds. The molecule has 0 aliphatic rings. The number of fused-ring (bicyclic) bond motifs is 1. The monoisotopic (exact) mass is 262 g/mol. The van der Waals surface area contributed by atoms with Crippen LogP contribution in [0.4, 0.5) is 0 Å². The largest absolute Gasteiger partial charge is 0.385 e. The Morgan fingerprint density at radius 3 is 2.84 bits per heavy atom. The van der Waals surface area contributed by atoms with Crippen molar-refractivity contribution in [2.24, 2.45) is 5.73 Å². The van der Waals surface area contributed by atoms with Crippen molar-refractivity contribution >= 4 is 10.9 Å². The van der Waals surface area contributed by atoms with Gasteiger partial charge in [-0.05, 0) is 24.1 Å². The Morgan fingerprint density at radius 1 is 1.16 bits per heavy atom. The van der Waals surface area contributed by atoms with Gasteiger partial charge in [0.25, 0.3) is 0 Å². The SMILES string of the molecule is COCCCOCCn1ccc2c(CN)cccc21. The molecule has 19 heavy (non-hydrogen) atoms. The maximum atomic E-state index is 5.75. The average Bonchev–Trinajstić information content (AvgIpc) is 2.86. The summed E-state index contributed by atoms with van der Waals surface area (Å²) in [4.78, 5) is 0. The molecule has 0 aliphatic carbocycles. The predicted octanol–water partition coefficient (Wildman–Crippen LogP) is 2.15. The first-order valence-corrected chi connectivity index (χ1v) is 6.70. The van der Waals surface area contributed by atoms with E-state index in [-0.39, 0.29) is 0 Å². The van der Waals surface area contributed by atoms with Crippen molar-refractivity contribution in [1.29, 1.82) is 0 Å². The molecule has 2 rings (SSSR count). The van der Waals surface area contributed by atoms with Crippen LogP contribution in [-0.4, -0.2) is 31.5 Å². The van der Waals surface area contributed by atoms with E-state index >= 15 is 0 Å². The molecule has 2 aromatic rings. The van der Waals surface area contributed by atoms with Gasteiger partial charge in [0, 0.05) is 50.5 Å². The summed E-state index contributed by atoms with van der Waals surface area (Å²) in [6.45, 7) is 3.67. The molecular formula is C15H22N2O2. The molecule has 0 saturated heterocycles. The third-order valence-electron chi connectivity index (χ3n) is 3.24. The number of aromatic nitrogens is 1. The van der Waals surface area contributed by atoms with Crippen molar-refractivity contribution in [3.8, 4) is 0 Å². The number of ether oxygens (including phenoxy) is 2. The van der Waals surface area contributed by atoms with E-state index in [1.807, 2.05) is 0 Å². The van der Waals surface area contributed by atoms with E-state index in [1.54, 1.807) is 7.11 Å². The van der Waals surface area contributed by atoms with Crippen molar-refractivity contribution in [3.63, 3.8) is 0 Å². The zero-order valence-corrected chi connectivity index (χ0v) is 11.5. The fraction of sp³-hybridized carbons (Fsp3) is 0.467. The first-order chi connectivity index (χ1) is 9.36. The molecule has 0 aliphatic heterocycles. The lowest BCUT2D eigenvalue weighted by Crippen LogP contribution is -2.07. The van der Waals surface area contributed by atoms with Crippen LogP contribution in [0.1, 0.15) is 12.0 Å². The highest BCUT2D eigenvalue weighted by Crippen LogP contribution is 2.19. The van der Waals surface area contributed by atoms with Crippen LogP contribution >= 0.6 is 0 Å². The van der Waals surface area contributed by atoms with Crippen LogP contribution in [0.25, 0.3) is 10.9 Å². The Balaban J connectivity index is 1.91. The highest BCUT2D eigenvalue weighted by atomic mass is 16.5. The highest BCUT2D eigenvalue weighted by molar-refractivity contribution is 5.83. The second-order valence-corrected chi connectivity index (χ2v) is 4.52. The van der Waals surface area contributed by atoms with Crippen LogP contribution in [0, 0.1) is 0 Å². The van der Waals surface area contributed by atoms with Gasteiger partial charge in [-0.25, -0.2) is 0 Å². The number of hydrogen-bond donors (Lipinski definition) is 1. The van der Waals surface area contributed by atoms with Crippen molar-refractivity contribution in [2.45, 2.75) is 19.5 Å². The number of methoxy groups -OCH3 is 1. The maximum Gasteiger partial charge on any atom is 0.0645 e. The third-order valence-corrected chi connectivity index (χ3v) is 3.24. The number of rotatable bonds is 8. The lowest BCUT2D eigenvalue weighted by molar-refractivity contribution is 0.0982. The van der Waals surface area contributed by atoms with Crippen molar-refractivity contribution < 1.29 is 9.47 Å². The van der Waals surface area contributed by atoms with Gasteiger partial charge < -0.3 is 19.8 Å². The second-order valence-electron chi connectivity index (χ2n) is 4.52.